The summed E-state index contributed by atoms with van der Waals surface area (Å²) in [5.41, 5.74) is 0. The minimum atomic E-state index is -4.25. The molecule has 9 heteroatoms. The summed E-state index contributed by atoms with van der Waals surface area (Å²) in [5, 5.41) is 0. The lowest BCUT2D eigenvalue weighted by molar-refractivity contribution is -0.161. The average Bonchev–Trinajstić information content (AvgIpc) is 3.04. The summed E-state index contributed by atoms with van der Waals surface area (Å²) in [7, 11) is -3.18. The normalized spacial score (nSPS) is 13.4. The topological polar surface area (TPSA) is 108 Å². The Labute approximate surface area is 283 Å². The molecular formula is C37H73O8P. The number of unbranched alkanes of at least 4 members (excludes halogenated alkanes) is 25. The number of carbonyl (C=O) groups excluding carboxylic acids is 2. The van der Waals surface area contributed by atoms with Crippen molar-refractivity contribution in [1.82, 2.24) is 0 Å². The van der Waals surface area contributed by atoms with E-state index >= 15 is 0 Å². The van der Waals surface area contributed by atoms with Crippen LogP contribution in [0.5, 0.6) is 0 Å². The van der Waals surface area contributed by atoms with Crippen molar-refractivity contribution in [3.05, 3.63) is 0 Å². The number of carbonyl (C=O) groups is 2. The van der Waals surface area contributed by atoms with E-state index in [-0.39, 0.29) is 19.0 Å². The predicted molar refractivity (Wildman–Crippen MR) is 189 cm³/mol. The van der Waals surface area contributed by atoms with Gasteiger partial charge in [-0.25, -0.2) is 4.57 Å². The van der Waals surface area contributed by atoms with Gasteiger partial charge in [-0.2, -0.15) is 0 Å². The van der Waals surface area contributed by atoms with E-state index in [2.05, 4.69) is 18.4 Å². The molecule has 0 aromatic carbocycles. The van der Waals surface area contributed by atoms with Crippen LogP contribution in [0.1, 0.15) is 200 Å². The van der Waals surface area contributed by atoms with Crippen molar-refractivity contribution >= 4 is 19.8 Å². The summed E-state index contributed by atoms with van der Waals surface area (Å²) in [6.45, 7) is 3.88. The van der Waals surface area contributed by atoms with E-state index in [0.29, 0.717) is 6.42 Å². The van der Waals surface area contributed by atoms with Gasteiger partial charge in [0.15, 0.2) is 6.10 Å². The first-order valence-corrected chi connectivity index (χ1v) is 20.7. The summed E-state index contributed by atoms with van der Waals surface area (Å²) in [6, 6.07) is 0. The monoisotopic (exact) mass is 677 g/mol. The van der Waals surface area contributed by atoms with Gasteiger partial charge in [-0.3, -0.25) is 18.6 Å². The fourth-order valence-corrected chi connectivity index (χ4v) is 6.06. The van der Waals surface area contributed by atoms with Crippen LogP contribution in [0.15, 0.2) is 0 Å². The van der Waals surface area contributed by atoms with E-state index in [1.54, 1.807) is 0 Å². The highest BCUT2D eigenvalue weighted by molar-refractivity contribution is 7.47. The van der Waals surface area contributed by atoms with Crippen LogP contribution in [-0.2, 0) is 32.7 Å². The van der Waals surface area contributed by atoms with Crippen molar-refractivity contribution in [3.63, 3.8) is 0 Å². The van der Waals surface area contributed by atoms with E-state index in [4.69, 9.17) is 14.0 Å². The first-order valence-electron chi connectivity index (χ1n) is 19.2. The predicted octanol–water partition coefficient (Wildman–Crippen LogP) is 11.6. The maximum absolute atomic E-state index is 12.4. The van der Waals surface area contributed by atoms with Gasteiger partial charge in [0, 0.05) is 20.0 Å². The van der Waals surface area contributed by atoms with Crippen LogP contribution in [0.2, 0.25) is 0 Å². The second kappa shape index (κ2) is 33.9. The fourth-order valence-electron chi connectivity index (χ4n) is 5.60. The fraction of sp³-hybridized carbons (Fsp3) is 0.946. The molecule has 0 heterocycles. The smallest absolute Gasteiger partial charge is 0.462 e. The number of phosphoric acid groups is 1. The molecular weight excluding hydrogens is 603 g/mol. The third-order valence-electron chi connectivity index (χ3n) is 8.60. The Kier molecular flexibility index (Phi) is 33.2. The zero-order valence-corrected chi connectivity index (χ0v) is 31.1. The molecule has 0 aromatic heterocycles. The largest absolute Gasteiger partial charge is 0.472 e. The Balaban J connectivity index is 3.98. The molecule has 0 bridgehead atoms. The van der Waals surface area contributed by atoms with Gasteiger partial charge in [-0.1, -0.05) is 174 Å². The molecule has 0 fully saturated rings. The number of hydrogen-bond donors (Lipinski definition) is 1. The summed E-state index contributed by atoms with van der Waals surface area (Å²) in [6.07, 6.45) is 33.0. The molecule has 0 saturated heterocycles. The minimum Gasteiger partial charge on any atom is -0.462 e. The maximum Gasteiger partial charge on any atom is 0.472 e. The molecule has 0 aliphatic heterocycles. The molecule has 0 aromatic rings. The Morgan fingerprint density at radius 1 is 0.522 bits per heavy atom. The van der Waals surface area contributed by atoms with E-state index in [1.165, 1.54) is 135 Å². The number of rotatable bonds is 36. The van der Waals surface area contributed by atoms with Crippen LogP contribution in [0, 0.1) is 0 Å². The third-order valence-corrected chi connectivity index (χ3v) is 9.54. The van der Waals surface area contributed by atoms with Gasteiger partial charge in [0.25, 0.3) is 0 Å². The lowest BCUT2D eigenvalue weighted by atomic mass is 10.0. The van der Waals surface area contributed by atoms with Crippen molar-refractivity contribution < 1.29 is 37.6 Å². The van der Waals surface area contributed by atoms with Crippen molar-refractivity contribution in [2.24, 2.45) is 0 Å². The second-order valence-corrected chi connectivity index (χ2v) is 14.6. The molecule has 274 valence electrons. The quantitative estimate of drug-likeness (QED) is 0.0397. The second-order valence-electron chi connectivity index (χ2n) is 13.1. The Morgan fingerprint density at radius 3 is 1.20 bits per heavy atom. The number of esters is 2. The van der Waals surface area contributed by atoms with Crippen LogP contribution >= 0.6 is 7.82 Å². The highest BCUT2D eigenvalue weighted by atomic mass is 31.2. The lowest BCUT2D eigenvalue weighted by Crippen LogP contribution is -2.29. The Hall–Kier alpha value is -0.950. The number of hydrogen-bond acceptors (Lipinski definition) is 7. The molecule has 8 nitrogen and oxygen atoms in total. The van der Waals surface area contributed by atoms with Crippen LogP contribution in [0.3, 0.4) is 0 Å². The first kappa shape index (κ1) is 45.0. The summed E-state index contributed by atoms with van der Waals surface area (Å²) in [5.74, 6) is -0.793. The molecule has 0 amide bonds. The zero-order valence-electron chi connectivity index (χ0n) is 30.2. The van der Waals surface area contributed by atoms with E-state index < -0.39 is 26.5 Å². The molecule has 0 radical (unpaired) electrons. The molecule has 0 rings (SSSR count). The van der Waals surface area contributed by atoms with E-state index in [0.717, 1.165) is 45.6 Å². The highest BCUT2D eigenvalue weighted by Gasteiger charge is 2.24. The molecule has 1 N–H and O–H groups in total. The maximum atomic E-state index is 12.4. The first-order chi connectivity index (χ1) is 22.3. The Bertz CT molecular complexity index is 732. The number of ether oxygens (including phenoxy) is 2. The SMILES string of the molecule is CCCCCCCCCCCCCCCCCCCC(=O)OC(COC(=O)CCCCCCCCCCCC)COP(=O)(O)OC. The molecule has 0 spiro atoms. The lowest BCUT2D eigenvalue weighted by Gasteiger charge is -2.19. The summed E-state index contributed by atoms with van der Waals surface area (Å²) in [4.78, 5) is 34.3. The molecule has 0 aliphatic rings. The van der Waals surface area contributed by atoms with Crippen molar-refractivity contribution in [1.29, 1.82) is 0 Å². The molecule has 2 unspecified atom stereocenters. The van der Waals surface area contributed by atoms with Gasteiger partial charge < -0.3 is 14.4 Å². The summed E-state index contributed by atoms with van der Waals surface area (Å²) < 4.78 is 31.8. The van der Waals surface area contributed by atoms with E-state index in [9.17, 15) is 19.0 Å². The van der Waals surface area contributed by atoms with Crippen LogP contribution in [-0.4, -0.2) is 43.3 Å². The van der Waals surface area contributed by atoms with Crippen LogP contribution < -0.4 is 0 Å². The van der Waals surface area contributed by atoms with Gasteiger partial charge in [0.2, 0.25) is 0 Å². The van der Waals surface area contributed by atoms with Crippen molar-refractivity contribution in [2.75, 3.05) is 20.3 Å². The standard InChI is InChI=1S/C37H73O8P/c1-4-6-8-10-12-14-16-17-18-19-20-21-22-24-26-28-30-32-37(39)45-35(34-44-46(40,41)42-3)33-43-36(38)31-29-27-25-23-15-13-11-9-7-5-2/h35H,4-34H2,1-3H3,(H,40,41). The van der Waals surface area contributed by atoms with Gasteiger partial charge in [-0.15, -0.1) is 0 Å². The van der Waals surface area contributed by atoms with Gasteiger partial charge in [-0.05, 0) is 12.8 Å². The zero-order chi connectivity index (χ0) is 34.0. The van der Waals surface area contributed by atoms with Gasteiger partial charge >= 0.3 is 19.8 Å². The molecule has 0 aliphatic carbocycles. The molecule has 2 atom stereocenters. The minimum absolute atomic E-state index is 0.217. The van der Waals surface area contributed by atoms with Crippen molar-refractivity contribution in [3.8, 4) is 0 Å². The van der Waals surface area contributed by atoms with Gasteiger partial charge in [0.05, 0.1) is 6.61 Å². The molecule has 0 saturated carbocycles. The van der Waals surface area contributed by atoms with E-state index in [1.807, 2.05) is 0 Å². The Morgan fingerprint density at radius 2 is 0.848 bits per heavy atom. The summed E-state index contributed by atoms with van der Waals surface area (Å²) >= 11 is 0. The molecule has 46 heavy (non-hydrogen) atoms. The van der Waals surface area contributed by atoms with Crippen molar-refractivity contribution in [2.45, 2.75) is 206 Å². The third kappa shape index (κ3) is 33.0. The number of phosphoric ester groups is 1. The van der Waals surface area contributed by atoms with Crippen LogP contribution in [0.4, 0.5) is 0 Å². The van der Waals surface area contributed by atoms with Gasteiger partial charge in [0.1, 0.15) is 6.61 Å². The highest BCUT2D eigenvalue weighted by Crippen LogP contribution is 2.42. The average molecular weight is 677 g/mol. The van der Waals surface area contributed by atoms with Crippen LogP contribution in [0.25, 0.3) is 0 Å².